The average Bonchev–Trinajstić information content (AvgIpc) is 3.06. The molecule has 1 aliphatic carbocycles. The van der Waals surface area contributed by atoms with Crippen molar-refractivity contribution in [2.24, 2.45) is 0 Å². The maximum absolute atomic E-state index is 11.9. The number of hydrogen-bond acceptors (Lipinski definition) is 6. The average molecular weight is 321 g/mol. The lowest BCUT2D eigenvalue weighted by molar-refractivity contribution is 0.243. The molecule has 8 heteroatoms. The lowest BCUT2D eigenvalue weighted by Crippen LogP contribution is -2.39. The highest BCUT2D eigenvalue weighted by Crippen LogP contribution is 2.29. The minimum Gasteiger partial charge on any atom is -0.402 e. The predicted octanol–water partition coefficient (Wildman–Crippen LogP) is 3.26. The van der Waals surface area contributed by atoms with Gasteiger partial charge in [-0.2, -0.15) is 0 Å². The van der Waals surface area contributed by atoms with E-state index in [-0.39, 0.29) is 18.1 Å². The summed E-state index contributed by atoms with van der Waals surface area (Å²) >= 11 is 1.49. The zero-order valence-corrected chi connectivity index (χ0v) is 13.5. The van der Waals surface area contributed by atoms with Crippen molar-refractivity contribution in [2.75, 3.05) is 5.32 Å². The molecule has 1 saturated carbocycles. The van der Waals surface area contributed by atoms with Gasteiger partial charge in [0.25, 0.3) is 5.89 Å². The first-order chi connectivity index (χ1) is 10.6. The van der Waals surface area contributed by atoms with E-state index >= 15 is 0 Å². The van der Waals surface area contributed by atoms with Crippen molar-refractivity contribution < 1.29 is 9.21 Å². The minimum atomic E-state index is -0.292. The van der Waals surface area contributed by atoms with Gasteiger partial charge >= 0.3 is 12.0 Å². The Morgan fingerprint density at radius 3 is 2.68 bits per heavy atom. The van der Waals surface area contributed by atoms with Crippen LogP contribution in [0.15, 0.2) is 4.42 Å². The summed E-state index contributed by atoms with van der Waals surface area (Å²) in [5, 5.41) is 14.3. The number of aromatic nitrogens is 3. The Bertz CT molecular complexity index is 660. The van der Waals surface area contributed by atoms with Crippen LogP contribution in [-0.2, 0) is 0 Å². The van der Waals surface area contributed by atoms with Crippen molar-refractivity contribution in [3.05, 3.63) is 10.7 Å². The number of carbonyl (C=O) groups is 1. The maximum Gasteiger partial charge on any atom is 0.324 e. The van der Waals surface area contributed by atoms with E-state index < -0.39 is 0 Å². The van der Waals surface area contributed by atoms with Gasteiger partial charge in [0.2, 0.25) is 0 Å². The molecule has 118 valence electrons. The molecule has 0 saturated heterocycles. The molecule has 2 N–H and O–H groups in total. The molecule has 0 aliphatic heterocycles. The molecule has 0 spiro atoms. The van der Waals surface area contributed by atoms with Crippen LogP contribution < -0.4 is 10.6 Å². The number of amides is 2. The van der Waals surface area contributed by atoms with Gasteiger partial charge in [0.15, 0.2) is 0 Å². The van der Waals surface area contributed by atoms with Crippen molar-refractivity contribution in [3.63, 3.8) is 0 Å². The number of thiazole rings is 1. The molecular formula is C14H19N5O2S. The molecule has 0 radical (unpaired) electrons. The van der Waals surface area contributed by atoms with Crippen LogP contribution in [0.25, 0.3) is 10.8 Å². The second-order valence-corrected chi connectivity index (χ2v) is 6.70. The largest absolute Gasteiger partial charge is 0.402 e. The van der Waals surface area contributed by atoms with Gasteiger partial charge in [0, 0.05) is 6.04 Å². The Kier molecular flexibility index (Phi) is 4.37. The van der Waals surface area contributed by atoms with Gasteiger partial charge in [-0.1, -0.05) is 24.4 Å². The number of nitrogens with zero attached hydrogens (tertiary/aromatic N) is 3. The minimum absolute atomic E-state index is 0.105. The Hall–Kier alpha value is -1.96. The van der Waals surface area contributed by atoms with Crippen LogP contribution in [0, 0.1) is 13.8 Å². The number of urea groups is 1. The third kappa shape index (κ3) is 3.44. The third-order valence-electron chi connectivity index (χ3n) is 3.68. The van der Waals surface area contributed by atoms with E-state index in [1.165, 1.54) is 30.6 Å². The van der Waals surface area contributed by atoms with Crippen LogP contribution in [0.4, 0.5) is 10.8 Å². The van der Waals surface area contributed by atoms with Crippen molar-refractivity contribution >= 4 is 23.4 Å². The molecule has 1 aliphatic rings. The Balaban J connectivity index is 1.61. The molecule has 0 bridgehead atoms. The fraction of sp³-hybridized carbons (Fsp3) is 0.571. The Morgan fingerprint density at radius 2 is 2.00 bits per heavy atom. The van der Waals surface area contributed by atoms with Crippen molar-refractivity contribution in [3.8, 4) is 10.8 Å². The number of carbonyl (C=O) groups excluding carboxylic acids is 1. The fourth-order valence-corrected chi connectivity index (χ4v) is 3.50. The number of nitrogens with one attached hydrogen (secondary N) is 2. The first-order valence-electron chi connectivity index (χ1n) is 7.47. The van der Waals surface area contributed by atoms with Gasteiger partial charge < -0.3 is 9.73 Å². The van der Waals surface area contributed by atoms with Gasteiger partial charge in [-0.05, 0) is 26.7 Å². The van der Waals surface area contributed by atoms with E-state index in [0.717, 1.165) is 28.4 Å². The quantitative estimate of drug-likeness (QED) is 0.905. The fourth-order valence-electron chi connectivity index (χ4n) is 2.66. The van der Waals surface area contributed by atoms with E-state index in [4.69, 9.17) is 4.42 Å². The standard InChI is InChI=1S/C14H19N5O2S/c1-8-11(22-9(2)15-8)12-18-19-14(21-12)17-13(20)16-10-6-4-3-5-7-10/h10H,3-7H2,1-2H3,(H2,16,17,19,20). The van der Waals surface area contributed by atoms with Gasteiger partial charge in [-0.3, -0.25) is 5.32 Å². The van der Waals surface area contributed by atoms with Gasteiger partial charge in [0.05, 0.1) is 10.7 Å². The predicted molar refractivity (Wildman–Crippen MR) is 83.9 cm³/mol. The Labute approximate surface area is 132 Å². The molecule has 22 heavy (non-hydrogen) atoms. The zero-order valence-electron chi connectivity index (χ0n) is 12.7. The summed E-state index contributed by atoms with van der Waals surface area (Å²) in [6.45, 7) is 3.82. The first kappa shape index (κ1) is 15.0. The first-order valence-corrected chi connectivity index (χ1v) is 8.29. The molecule has 2 aromatic heterocycles. The molecular weight excluding hydrogens is 302 g/mol. The summed E-state index contributed by atoms with van der Waals surface area (Å²) in [6.07, 6.45) is 5.64. The van der Waals surface area contributed by atoms with Crippen LogP contribution >= 0.6 is 11.3 Å². The number of hydrogen-bond donors (Lipinski definition) is 2. The molecule has 2 amide bonds. The van der Waals surface area contributed by atoms with E-state index in [1.54, 1.807) is 0 Å². The molecule has 2 aromatic rings. The van der Waals surface area contributed by atoms with E-state index in [0.29, 0.717) is 5.89 Å². The number of anilines is 1. The number of rotatable bonds is 3. The highest BCUT2D eigenvalue weighted by Gasteiger charge is 2.18. The molecule has 2 heterocycles. The maximum atomic E-state index is 11.9. The van der Waals surface area contributed by atoms with Crippen LogP contribution in [0.5, 0.6) is 0 Å². The summed E-state index contributed by atoms with van der Waals surface area (Å²) in [4.78, 5) is 17.1. The summed E-state index contributed by atoms with van der Waals surface area (Å²) in [6, 6.07) is 0.0515. The van der Waals surface area contributed by atoms with Crippen molar-refractivity contribution in [1.82, 2.24) is 20.5 Å². The monoisotopic (exact) mass is 321 g/mol. The van der Waals surface area contributed by atoms with Crippen LogP contribution in [0.3, 0.4) is 0 Å². The smallest absolute Gasteiger partial charge is 0.324 e. The summed E-state index contributed by atoms with van der Waals surface area (Å²) < 4.78 is 5.50. The van der Waals surface area contributed by atoms with Gasteiger partial charge in [-0.25, -0.2) is 9.78 Å². The molecule has 0 atom stereocenters. The molecule has 3 rings (SSSR count). The number of aryl methyl sites for hydroxylation is 2. The molecule has 7 nitrogen and oxygen atoms in total. The topological polar surface area (TPSA) is 92.9 Å². The second-order valence-electron chi connectivity index (χ2n) is 5.49. The van der Waals surface area contributed by atoms with Gasteiger partial charge in [-0.15, -0.1) is 16.4 Å². The summed E-state index contributed by atoms with van der Waals surface area (Å²) in [5.41, 5.74) is 0.851. The second kappa shape index (κ2) is 6.43. The lowest BCUT2D eigenvalue weighted by atomic mass is 9.96. The van der Waals surface area contributed by atoms with E-state index in [1.807, 2.05) is 13.8 Å². The summed E-state index contributed by atoms with van der Waals surface area (Å²) in [7, 11) is 0. The SMILES string of the molecule is Cc1nc(C)c(-c2nnc(NC(=O)NC3CCCCC3)o2)s1. The van der Waals surface area contributed by atoms with Crippen LogP contribution in [0.1, 0.15) is 42.8 Å². The lowest BCUT2D eigenvalue weighted by Gasteiger charge is -2.22. The highest BCUT2D eigenvalue weighted by molar-refractivity contribution is 7.15. The highest BCUT2D eigenvalue weighted by atomic mass is 32.1. The van der Waals surface area contributed by atoms with Crippen LogP contribution in [0.2, 0.25) is 0 Å². The summed E-state index contributed by atoms with van der Waals surface area (Å²) in [5.74, 6) is 0.385. The van der Waals surface area contributed by atoms with Crippen molar-refractivity contribution in [1.29, 1.82) is 0 Å². The normalized spacial score (nSPS) is 15.7. The van der Waals surface area contributed by atoms with E-state index in [9.17, 15) is 4.79 Å². The molecule has 1 fully saturated rings. The third-order valence-corrected chi connectivity index (χ3v) is 4.74. The van der Waals surface area contributed by atoms with Gasteiger partial charge in [0.1, 0.15) is 4.88 Å². The van der Waals surface area contributed by atoms with E-state index in [2.05, 4.69) is 25.8 Å². The Morgan fingerprint density at radius 1 is 1.23 bits per heavy atom. The molecule has 0 unspecified atom stereocenters. The van der Waals surface area contributed by atoms with Crippen LogP contribution in [-0.4, -0.2) is 27.3 Å². The molecule has 0 aromatic carbocycles. The zero-order chi connectivity index (χ0) is 15.5. The van der Waals surface area contributed by atoms with Crippen molar-refractivity contribution in [2.45, 2.75) is 52.0 Å².